The van der Waals surface area contributed by atoms with Crippen LogP contribution in [0.4, 0.5) is 4.39 Å². The Hall–Kier alpha value is -3.49. The largest absolute Gasteiger partial charge is 0.349 e. The molecule has 2 amide bonds. The average molecular weight is 411 g/mol. The molecule has 30 heavy (non-hydrogen) atoms. The number of amides is 2. The third-order valence-corrected chi connectivity index (χ3v) is 5.37. The Morgan fingerprint density at radius 2 is 1.93 bits per heavy atom. The molecule has 0 unspecified atom stereocenters. The van der Waals surface area contributed by atoms with E-state index in [1.54, 1.807) is 37.1 Å². The zero-order valence-corrected chi connectivity index (χ0v) is 16.7. The molecule has 3 aromatic rings. The number of benzene rings is 1. The van der Waals surface area contributed by atoms with Crippen LogP contribution in [0.3, 0.4) is 0 Å². The van der Waals surface area contributed by atoms with E-state index < -0.39 is 5.82 Å². The van der Waals surface area contributed by atoms with Crippen LogP contribution in [-0.2, 0) is 0 Å². The van der Waals surface area contributed by atoms with Crippen LogP contribution in [0.15, 0.2) is 35.3 Å². The Labute approximate surface area is 171 Å². The topological polar surface area (TPSA) is 99.6 Å². The normalized spacial score (nSPS) is 14.8. The van der Waals surface area contributed by atoms with Crippen LogP contribution >= 0.6 is 0 Å². The fourth-order valence-corrected chi connectivity index (χ4v) is 3.62. The Kier molecular flexibility index (Phi) is 5.11. The number of aromatic amines is 1. The van der Waals surface area contributed by atoms with Crippen LogP contribution in [-0.4, -0.2) is 50.4 Å². The zero-order valence-electron chi connectivity index (χ0n) is 16.7. The van der Waals surface area contributed by atoms with Gasteiger partial charge in [0.2, 0.25) is 0 Å². The first-order valence-corrected chi connectivity index (χ1v) is 9.77. The molecule has 1 aromatic carbocycles. The van der Waals surface area contributed by atoms with Crippen LogP contribution in [0.5, 0.6) is 0 Å². The number of H-pyrrole nitrogens is 1. The fraction of sp³-hybridized carbons (Fsp3) is 0.333. The standard InChI is InChI=1S/C21H22FN5O3/c1-12-3-4-14(9-16(12)22)19(28)24-15-5-7-26(8-6-15)21(30)17-10-18-20(29)23-13(2)11-27(18)25-17/h3-4,9-11,15H,5-8H2,1-2H3,(H,23,29)(H,24,28). The third-order valence-electron chi connectivity index (χ3n) is 5.37. The van der Waals surface area contributed by atoms with E-state index in [4.69, 9.17) is 0 Å². The zero-order chi connectivity index (χ0) is 21.4. The summed E-state index contributed by atoms with van der Waals surface area (Å²) in [4.78, 5) is 41.5. The number of halogens is 1. The summed E-state index contributed by atoms with van der Waals surface area (Å²) in [6.45, 7) is 4.29. The summed E-state index contributed by atoms with van der Waals surface area (Å²) >= 11 is 0. The second-order valence-electron chi connectivity index (χ2n) is 7.63. The van der Waals surface area contributed by atoms with Gasteiger partial charge < -0.3 is 15.2 Å². The molecule has 8 nitrogen and oxygen atoms in total. The van der Waals surface area contributed by atoms with Crippen molar-refractivity contribution in [3.05, 3.63) is 69.1 Å². The number of aryl methyl sites for hydroxylation is 2. The van der Waals surface area contributed by atoms with Crippen LogP contribution in [0, 0.1) is 19.7 Å². The number of carbonyl (C=O) groups is 2. The first kappa shape index (κ1) is 19.8. The van der Waals surface area contributed by atoms with Crippen molar-refractivity contribution in [2.24, 2.45) is 0 Å². The highest BCUT2D eigenvalue weighted by Gasteiger charge is 2.26. The second kappa shape index (κ2) is 7.74. The summed E-state index contributed by atoms with van der Waals surface area (Å²) in [6.07, 6.45) is 2.82. The van der Waals surface area contributed by atoms with Gasteiger partial charge in [0.1, 0.15) is 11.3 Å². The Morgan fingerprint density at radius 1 is 1.20 bits per heavy atom. The van der Waals surface area contributed by atoms with Crippen molar-refractivity contribution in [2.45, 2.75) is 32.7 Å². The van der Waals surface area contributed by atoms with E-state index in [2.05, 4.69) is 15.4 Å². The van der Waals surface area contributed by atoms with E-state index in [9.17, 15) is 18.8 Å². The molecule has 0 radical (unpaired) electrons. The smallest absolute Gasteiger partial charge is 0.274 e. The average Bonchev–Trinajstić information content (AvgIpc) is 3.14. The molecule has 3 heterocycles. The number of aromatic nitrogens is 3. The quantitative estimate of drug-likeness (QED) is 0.687. The molecule has 1 aliphatic heterocycles. The van der Waals surface area contributed by atoms with Gasteiger partial charge in [0, 0.05) is 42.7 Å². The highest BCUT2D eigenvalue weighted by Crippen LogP contribution is 2.16. The lowest BCUT2D eigenvalue weighted by Crippen LogP contribution is -2.46. The Balaban J connectivity index is 1.39. The molecule has 0 aliphatic carbocycles. The molecule has 0 saturated carbocycles. The highest BCUT2D eigenvalue weighted by molar-refractivity contribution is 5.95. The van der Waals surface area contributed by atoms with Gasteiger partial charge in [-0.15, -0.1) is 0 Å². The third kappa shape index (κ3) is 3.83. The van der Waals surface area contributed by atoms with Gasteiger partial charge in [-0.05, 0) is 44.4 Å². The molecule has 1 saturated heterocycles. The fourth-order valence-electron chi connectivity index (χ4n) is 3.62. The van der Waals surface area contributed by atoms with Crippen molar-refractivity contribution in [1.82, 2.24) is 24.8 Å². The number of fused-ring (bicyclic) bond motifs is 1. The van der Waals surface area contributed by atoms with Gasteiger partial charge in [-0.1, -0.05) is 6.07 Å². The number of nitrogens with one attached hydrogen (secondary N) is 2. The molecular weight excluding hydrogens is 389 g/mol. The molecular formula is C21H22FN5O3. The van der Waals surface area contributed by atoms with Gasteiger partial charge >= 0.3 is 0 Å². The second-order valence-corrected chi connectivity index (χ2v) is 7.63. The van der Waals surface area contributed by atoms with Gasteiger partial charge in [0.15, 0.2) is 5.69 Å². The molecule has 156 valence electrons. The number of hydrogen-bond donors (Lipinski definition) is 2. The monoisotopic (exact) mass is 411 g/mol. The van der Waals surface area contributed by atoms with Crippen molar-refractivity contribution in [3.63, 3.8) is 0 Å². The number of nitrogens with zero attached hydrogens (tertiary/aromatic N) is 3. The summed E-state index contributed by atoms with van der Waals surface area (Å²) in [6, 6.07) is 5.79. The predicted molar refractivity (Wildman–Crippen MR) is 108 cm³/mol. The van der Waals surface area contributed by atoms with E-state index >= 15 is 0 Å². The first-order chi connectivity index (χ1) is 14.3. The molecule has 0 spiro atoms. The predicted octanol–water partition coefficient (Wildman–Crippen LogP) is 1.81. The summed E-state index contributed by atoms with van der Waals surface area (Å²) in [5, 5.41) is 7.14. The summed E-state index contributed by atoms with van der Waals surface area (Å²) in [5.74, 6) is -0.987. The van der Waals surface area contributed by atoms with Crippen molar-refractivity contribution in [1.29, 1.82) is 0 Å². The van der Waals surface area contributed by atoms with E-state index in [0.717, 1.165) is 0 Å². The number of hydrogen-bond acceptors (Lipinski definition) is 4. The lowest BCUT2D eigenvalue weighted by Gasteiger charge is -2.32. The van der Waals surface area contributed by atoms with Gasteiger partial charge in [-0.25, -0.2) is 8.91 Å². The van der Waals surface area contributed by atoms with E-state index in [-0.39, 0.29) is 34.7 Å². The first-order valence-electron chi connectivity index (χ1n) is 9.77. The molecule has 4 rings (SSSR count). The van der Waals surface area contributed by atoms with Crippen LogP contribution < -0.4 is 10.9 Å². The lowest BCUT2D eigenvalue weighted by molar-refractivity contribution is 0.0692. The number of carbonyl (C=O) groups excluding carboxylic acids is 2. The number of rotatable bonds is 3. The molecule has 1 aliphatic rings. The summed E-state index contributed by atoms with van der Waals surface area (Å²) in [5.41, 5.74) is 1.65. The van der Waals surface area contributed by atoms with Crippen LogP contribution in [0.2, 0.25) is 0 Å². The van der Waals surface area contributed by atoms with Crippen molar-refractivity contribution >= 4 is 17.3 Å². The Bertz CT molecular complexity index is 1190. The number of piperidine rings is 1. The minimum atomic E-state index is -0.412. The Morgan fingerprint density at radius 3 is 2.63 bits per heavy atom. The van der Waals surface area contributed by atoms with E-state index in [1.165, 1.54) is 16.6 Å². The molecule has 9 heteroatoms. The minimum absolute atomic E-state index is 0.0996. The molecule has 2 N–H and O–H groups in total. The maximum Gasteiger partial charge on any atom is 0.274 e. The SMILES string of the molecule is Cc1cn2nc(C(=O)N3CCC(NC(=O)c4ccc(C)c(F)c4)CC3)cc2c(=O)[nH]1. The van der Waals surface area contributed by atoms with Crippen molar-refractivity contribution < 1.29 is 14.0 Å². The molecule has 0 bridgehead atoms. The van der Waals surface area contributed by atoms with Crippen molar-refractivity contribution in [2.75, 3.05) is 13.1 Å². The van der Waals surface area contributed by atoms with Gasteiger partial charge in [0.05, 0.1) is 0 Å². The van der Waals surface area contributed by atoms with Crippen LogP contribution in [0.25, 0.3) is 5.52 Å². The molecule has 2 aromatic heterocycles. The maximum atomic E-state index is 13.7. The van der Waals surface area contributed by atoms with Gasteiger partial charge in [-0.2, -0.15) is 5.10 Å². The maximum absolute atomic E-state index is 13.7. The highest BCUT2D eigenvalue weighted by atomic mass is 19.1. The molecule has 0 atom stereocenters. The lowest BCUT2D eigenvalue weighted by atomic mass is 10.0. The summed E-state index contributed by atoms with van der Waals surface area (Å²) in [7, 11) is 0. The van der Waals surface area contributed by atoms with Crippen molar-refractivity contribution in [3.8, 4) is 0 Å². The van der Waals surface area contributed by atoms with Gasteiger partial charge in [0.25, 0.3) is 17.4 Å². The van der Waals surface area contributed by atoms with Crippen LogP contribution in [0.1, 0.15) is 44.9 Å². The number of likely N-dealkylation sites (tertiary alicyclic amines) is 1. The van der Waals surface area contributed by atoms with E-state index in [0.29, 0.717) is 42.7 Å². The molecule has 1 fully saturated rings. The van der Waals surface area contributed by atoms with Gasteiger partial charge in [-0.3, -0.25) is 14.4 Å². The minimum Gasteiger partial charge on any atom is -0.349 e. The van der Waals surface area contributed by atoms with E-state index in [1.807, 2.05) is 0 Å². The summed E-state index contributed by atoms with van der Waals surface area (Å²) < 4.78 is 15.1.